The van der Waals surface area contributed by atoms with Crippen molar-refractivity contribution < 1.29 is 22.7 Å². The molecule has 1 amide bonds. The SMILES string of the molecule is CC1CN(C(=O)CCN(c2ccncc2)c2cccc(C(F)(F)F)c2)CC(C)O1. The summed E-state index contributed by atoms with van der Waals surface area (Å²) in [5.74, 6) is -0.0435. The second-order valence-corrected chi connectivity index (χ2v) is 7.21. The molecule has 0 N–H and O–H groups in total. The van der Waals surface area contributed by atoms with Crippen molar-refractivity contribution in [2.24, 2.45) is 0 Å². The maximum Gasteiger partial charge on any atom is 0.416 e. The second kappa shape index (κ2) is 8.82. The first-order valence-electron chi connectivity index (χ1n) is 9.52. The third kappa shape index (κ3) is 5.47. The van der Waals surface area contributed by atoms with Crippen LogP contribution < -0.4 is 4.90 Å². The number of rotatable bonds is 5. The number of morpholine rings is 1. The van der Waals surface area contributed by atoms with E-state index < -0.39 is 11.7 Å². The molecule has 2 unspecified atom stereocenters. The number of ether oxygens (including phenoxy) is 1. The topological polar surface area (TPSA) is 45.7 Å². The van der Waals surface area contributed by atoms with Crippen molar-refractivity contribution >= 4 is 17.3 Å². The molecule has 1 aliphatic rings. The molecular weight excluding hydrogens is 383 g/mol. The lowest BCUT2D eigenvalue weighted by Crippen LogP contribution is -2.48. The van der Waals surface area contributed by atoms with Crippen LogP contribution >= 0.6 is 0 Å². The molecular formula is C21H24F3N3O2. The van der Waals surface area contributed by atoms with Gasteiger partial charge >= 0.3 is 6.18 Å². The normalized spacial score (nSPS) is 19.8. The standard InChI is InChI=1S/C21H24F3N3O2/c1-15-13-26(14-16(2)29-15)20(28)8-11-27(18-6-9-25-10-7-18)19-5-3-4-17(12-19)21(22,23)24/h3-7,9-10,12,15-16H,8,11,13-14H2,1-2H3. The Balaban J connectivity index is 1.80. The first-order valence-corrected chi connectivity index (χ1v) is 9.52. The second-order valence-electron chi connectivity index (χ2n) is 7.21. The van der Waals surface area contributed by atoms with Gasteiger partial charge < -0.3 is 14.5 Å². The molecule has 2 heterocycles. The Morgan fingerprint density at radius 3 is 2.41 bits per heavy atom. The van der Waals surface area contributed by atoms with Gasteiger partial charge in [-0.2, -0.15) is 13.2 Å². The van der Waals surface area contributed by atoms with E-state index in [4.69, 9.17) is 4.74 Å². The Bertz CT molecular complexity index is 819. The largest absolute Gasteiger partial charge is 0.416 e. The highest BCUT2D eigenvalue weighted by Crippen LogP contribution is 2.33. The summed E-state index contributed by atoms with van der Waals surface area (Å²) in [5, 5.41) is 0. The van der Waals surface area contributed by atoms with Crippen LogP contribution in [0.1, 0.15) is 25.8 Å². The Morgan fingerprint density at radius 1 is 1.14 bits per heavy atom. The Morgan fingerprint density at radius 2 is 1.79 bits per heavy atom. The molecule has 29 heavy (non-hydrogen) atoms. The van der Waals surface area contributed by atoms with E-state index in [1.54, 1.807) is 40.4 Å². The van der Waals surface area contributed by atoms with Crippen LogP contribution in [-0.2, 0) is 15.7 Å². The van der Waals surface area contributed by atoms with Gasteiger partial charge in [0.1, 0.15) is 0 Å². The molecule has 1 aromatic heterocycles. The van der Waals surface area contributed by atoms with Crippen molar-refractivity contribution in [3.8, 4) is 0 Å². The number of halogens is 3. The molecule has 1 aliphatic heterocycles. The van der Waals surface area contributed by atoms with Gasteiger partial charge in [0.15, 0.2) is 0 Å². The number of amides is 1. The van der Waals surface area contributed by atoms with Crippen molar-refractivity contribution in [2.75, 3.05) is 24.5 Å². The number of nitrogens with zero attached hydrogens (tertiary/aromatic N) is 3. The molecule has 2 aromatic rings. The minimum atomic E-state index is -4.43. The van der Waals surface area contributed by atoms with Crippen LogP contribution in [-0.4, -0.2) is 47.6 Å². The molecule has 8 heteroatoms. The van der Waals surface area contributed by atoms with Gasteiger partial charge in [-0.25, -0.2) is 0 Å². The summed E-state index contributed by atoms with van der Waals surface area (Å²) < 4.78 is 45.1. The maximum atomic E-state index is 13.2. The van der Waals surface area contributed by atoms with Crippen molar-refractivity contribution in [3.63, 3.8) is 0 Å². The molecule has 0 aliphatic carbocycles. The van der Waals surface area contributed by atoms with E-state index in [0.29, 0.717) is 24.5 Å². The van der Waals surface area contributed by atoms with Crippen LogP contribution in [0.5, 0.6) is 0 Å². The molecule has 1 saturated heterocycles. The molecule has 0 spiro atoms. The fourth-order valence-corrected chi connectivity index (χ4v) is 3.53. The number of benzene rings is 1. The number of carbonyl (C=O) groups excluding carboxylic acids is 1. The van der Waals surface area contributed by atoms with Crippen molar-refractivity contribution in [1.29, 1.82) is 0 Å². The van der Waals surface area contributed by atoms with Gasteiger partial charge in [-0.1, -0.05) is 6.07 Å². The zero-order valence-corrected chi connectivity index (χ0v) is 16.4. The molecule has 0 saturated carbocycles. The van der Waals surface area contributed by atoms with E-state index in [-0.39, 0.29) is 31.1 Å². The van der Waals surface area contributed by atoms with Crippen molar-refractivity contribution in [1.82, 2.24) is 9.88 Å². The number of aromatic nitrogens is 1. The molecule has 2 atom stereocenters. The summed E-state index contributed by atoms with van der Waals surface area (Å²) in [7, 11) is 0. The smallest absolute Gasteiger partial charge is 0.372 e. The molecule has 3 rings (SSSR count). The first-order chi connectivity index (χ1) is 13.7. The van der Waals surface area contributed by atoms with E-state index in [9.17, 15) is 18.0 Å². The number of carbonyl (C=O) groups is 1. The summed E-state index contributed by atoms with van der Waals surface area (Å²) in [4.78, 5) is 20.2. The summed E-state index contributed by atoms with van der Waals surface area (Å²) >= 11 is 0. The highest BCUT2D eigenvalue weighted by Gasteiger charge is 2.31. The zero-order valence-electron chi connectivity index (χ0n) is 16.4. The van der Waals surface area contributed by atoms with Gasteiger partial charge in [-0.15, -0.1) is 0 Å². The summed E-state index contributed by atoms with van der Waals surface area (Å²) in [6, 6.07) is 8.55. The number of pyridine rings is 1. The van der Waals surface area contributed by atoms with E-state index in [2.05, 4.69) is 4.98 Å². The fourth-order valence-electron chi connectivity index (χ4n) is 3.53. The highest BCUT2D eigenvalue weighted by atomic mass is 19.4. The summed E-state index contributed by atoms with van der Waals surface area (Å²) in [6.07, 6.45) is -1.19. The van der Waals surface area contributed by atoms with E-state index in [1.807, 2.05) is 13.8 Å². The van der Waals surface area contributed by atoms with Crippen LogP contribution in [0.4, 0.5) is 24.5 Å². The van der Waals surface area contributed by atoms with Crippen LogP contribution in [0.25, 0.3) is 0 Å². The Labute approximate surface area is 168 Å². The number of alkyl halides is 3. The number of anilines is 2. The fraction of sp³-hybridized carbons (Fsp3) is 0.429. The minimum Gasteiger partial charge on any atom is -0.372 e. The summed E-state index contributed by atoms with van der Waals surface area (Å²) in [6.45, 7) is 5.12. The third-order valence-electron chi connectivity index (χ3n) is 4.78. The molecule has 0 radical (unpaired) electrons. The van der Waals surface area contributed by atoms with Crippen LogP contribution in [0.2, 0.25) is 0 Å². The van der Waals surface area contributed by atoms with Gasteiger partial charge in [0.2, 0.25) is 5.91 Å². The quantitative estimate of drug-likeness (QED) is 0.743. The third-order valence-corrected chi connectivity index (χ3v) is 4.78. The monoisotopic (exact) mass is 407 g/mol. The van der Waals surface area contributed by atoms with Crippen LogP contribution in [0, 0.1) is 0 Å². The maximum absolute atomic E-state index is 13.2. The average molecular weight is 407 g/mol. The molecule has 0 bridgehead atoms. The van der Waals surface area contributed by atoms with E-state index >= 15 is 0 Å². The van der Waals surface area contributed by atoms with Gasteiger partial charge in [0.05, 0.1) is 17.8 Å². The lowest BCUT2D eigenvalue weighted by molar-refractivity contribution is -0.143. The highest BCUT2D eigenvalue weighted by molar-refractivity contribution is 5.78. The van der Waals surface area contributed by atoms with Crippen molar-refractivity contribution in [2.45, 2.75) is 38.7 Å². The van der Waals surface area contributed by atoms with E-state index in [1.165, 1.54) is 6.07 Å². The number of hydrogen-bond donors (Lipinski definition) is 0. The van der Waals surface area contributed by atoms with Gasteiger partial charge in [0, 0.05) is 49.8 Å². The lowest BCUT2D eigenvalue weighted by Gasteiger charge is -2.36. The van der Waals surface area contributed by atoms with Gasteiger partial charge in [-0.05, 0) is 44.2 Å². The molecule has 1 aromatic carbocycles. The van der Waals surface area contributed by atoms with Crippen LogP contribution in [0.3, 0.4) is 0 Å². The predicted octanol–water partition coefficient (Wildman–Crippen LogP) is 4.26. The molecule has 156 valence electrons. The lowest BCUT2D eigenvalue weighted by atomic mass is 10.1. The van der Waals surface area contributed by atoms with E-state index in [0.717, 1.165) is 12.1 Å². The van der Waals surface area contributed by atoms with Crippen LogP contribution in [0.15, 0.2) is 48.8 Å². The molecule has 5 nitrogen and oxygen atoms in total. The average Bonchev–Trinajstić information content (AvgIpc) is 2.67. The Kier molecular flexibility index (Phi) is 6.42. The number of hydrogen-bond acceptors (Lipinski definition) is 4. The summed E-state index contributed by atoms with van der Waals surface area (Å²) in [5.41, 5.74) is 0.328. The Hall–Kier alpha value is -2.61. The zero-order chi connectivity index (χ0) is 21.0. The molecule has 1 fully saturated rings. The minimum absolute atomic E-state index is 0.0394. The predicted molar refractivity (Wildman–Crippen MR) is 104 cm³/mol. The first kappa shape index (κ1) is 21.1. The van der Waals surface area contributed by atoms with Gasteiger partial charge in [0.25, 0.3) is 0 Å². The van der Waals surface area contributed by atoms with Gasteiger partial charge in [-0.3, -0.25) is 9.78 Å². The van der Waals surface area contributed by atoms with Crippen molar-refractivity contribution in [3.05, 3.63) is 54.4 Å².